The van der Waals surface area contributed by atoms with Gasteiger partial charge < -0.3 is 4.74 Å². The van der Waals surface area contributed by atoms with Gasteiger partial charge in [-0.3, -0.25) is 9.78 Å². The van der Waals surface area contributed by atoms with Crippen LogP contribution in [0.3, 0.4) is 0 Å². The quantitative estimate of drug-likeness (QED) is 0.165. The van der Waals surface area contributed by atoms with Crippen molar-refractivity contribution in [3.8, 4) is 0 Å². The standard InChI is InChI=1S/C24H39NO2/c1-2-3-4-5-6-7-8-9-10-11-12-13-14-15-16-19-24(26)27-22-23-18-17-20-25-21-23/h4-5,17-18,20-21H,2-3,6-16,19,22H2,1H3/b5-4-. The van der Waals surface area contributed by atoms with Gasteiger partial charge in [0.2, 0.25) is 0 Å². The minimum absolute atomic E-state index is 0.0941. The van der Waals surface area contributed by atoms with Crippen molar-refractivity contribution in [3.63, 3.8) is 0 Å². The van der Waals surface area contributed by atoms with Gasteiger partial charge in [-0.15, -0.1) is 0 Å². The zero-order chi connectivity index (χ0) is 19.4. The van der Waals surface area contributed by atoms with Crippen LogP contribution >= 0.6 is 0 Å². The van der Waals surface area contributed by atoms with Gasteiger partial charge in [-0.1, -0.05) is 82.9 Å². The summed E-state index contributed by atoms with van der Waals surface area (Å²) in [4.78, 5) is 15.7. The molecular weight excluding hydrogens is 334 g/mol. The second-order valence-corrected chi connectivity index (χ2v) is 7.36. The summed E-state index contributed by atoms with van der Waals surface area (Å²) in [5, 5.41) is 0. The molecule has 0 saturated carbocycles. The second-order valence-electron chi connectivity index (χ2n) is 7.36. The molecular formula is C24H39NO2. The smallest absolute Gasteiger partial charge is 0.306 e. The number of ether oxygens (including phenoxy) is 1. The largest absolute Gasteiger partial charge is 0.461 e. The summed E-state index contributed by atoms with van der Waals surface area (Å²) in [6.45, 7) is 2.56. The SMILES string of the molecule is CCC/C=C\CCCCCCCCCCCCC(=O)OCc1cccnc1. The van der Waals surface area contributed by atoms with Crippen molar-refractivity contribution in [1.29, 1.82) is 0 Å². The van der Waals surface area contributed by atoms with E-state index in [1.54, 1.807) is 12.4 Å². The van der Waals surface area contributed by atoms with Crippen molar-refractivity contribution in [2.45, 2.75) is 103 Å². The molecule has 0 unspecified atom stereocenters. The van der Waals surface area contributed by atoms with Crippen LogP contribution in [0.4, 0.5) is 0 Å². The molecule has 0 aliphatic rings. The van der Waals surface area contributed by atoms with E-state index in [0.717, 1.165) is 18.4 Å². The highest BCUT2D eigenvalue weighted by Crippen LogP contribution is 2.12. The van der Waals surface area contributed by atoms with Gasteiger partial charge in [0, 0.05) is 24.4 Å². The van der Waals surface area contributed by atoms with E-state index in [-0.39, 0.29) is 5.97 Å². The molecule has 0 aliphatic heterocycles. The summed E-state index contributed by atoms with van der Waals surface area (Å²) >= 11 is 0. The van der Waals surface area contributed by atoms with Crippen LogP contribution in [0.15, 0.2) is 36.7 Å². The molecule has 1 aromatic heterocycles. The van der Waals surface area contributed by atoms with Gasteiger partial charge in [0.15, 0.2) is 0 Å². The second kappa shape index (κ2) is 17.8. The fourth-order valence-corrected chi connectivity index (χ4v) is 3.07. The van der Waals surface area contributed by atoms with Gasteiger partial charge in [0.25, 0.3) is 0 Å². The summed E-state index contributed by atoms with van der Waals surface area (Å²) in [6.07, 6.45) is 25.2. The summed E-state index contributed by atoms with van der Waals surface area (Å²) < 4.78 is 5.26. The molecule has 1 rings (SSSR count). The van der Waals surface area contributed by atoms with Crippen LogP contribution in [0.1, 0.15) is 102 Å². The van der Waals surface area contributed by atoms with E-state index in [9.17, 15) is 4.79 Å². The predicted octanol–water partition coefficient (Wildman–Crippen LogP) is 7.16. The molecule has 0 radical (unpaired) electrons. The molecule has 0 amide bonds. The first kappa shape index (κ1) is 23.4. The minimum atomic E-state index is -0.0941. The van der Waals surface area contributed by atoms with Crippen molar-refractivity contribution < 1.29 is 9.53 Å². The number of nitrogens with zero attached hydrogens (tertiary/aromatic N) is 1. The number of esters is 1. The van der Waals surface area contributed by atoms with Gasteiger partial charge in [-0.05, 0) is 31.7 Å². The minimum Gasteiger partial charge on any atom is -0.461 e. The lowest BCUT2D eigenvalue weighted by molar-refractivity contribution is -0.145. The van der Waals surface area contributed by atoms with Gasteiger partial charge in [-0.2, -0.15) is 0 Å². The van der Waals surface area contributed by atoms with Crippen molar-refractivity contribution >= 4 is 5.97 Å². The Balaban J connectivity index is 1.79. The lowest BCUT2D eigenvalue weighted by atomic mass is 10.0. The molecule has 3 nitrogen and oxygen atoms in total. The molecule has 0 fully saturated rings. The molecule has 0 N–H and O–H groups in total. The maximum atomic E-state index is 11.7. The Labute approximate surface area is 166 Å². The molecule has 0 aliphatic carbocycles. The molecule has 1 aromatic rings. The van der Waals surface area contributed by atoms with Crippen molar-refractivity contribution in [3.05, 3.63) is 42.2 Å². The van der Waals surface area contributed by atoms with E-state index in [0.29, 0.717) is 13.0 Å². The first-order valence-corrected chi connectivity index (χ1v) is 11.0. The highest BCUT2D eigenvalue weighted by Gasteiger charge is 2.03. The Morgan fingerprint density at radius 3 is 2.19 bits per heavy atom. The van der Waals surface area contributed by atoms with Gasteiger partial charge in [0.05, 0.1) is 0 Å². The molecule has 152 valence electrons. The monoisotopic (exact) mass is 373 g/mol. The number of pyridine rings is 1. The van der Waals surface area contributed by atoms with Crippen LogP contribution in [0.5, 0.6) is 0 Å². The molecule has 0 spiro atoms. The Hall–Kier alpha value is -1.64. The van der Waals surface area contributed by atoms with Crippen LogP contribution in [-0.4, -0.2) is 11.0 Å². The van der Waals surface area contributed by atoms with Crippen molar-refractivity contribution in [2.75, 3.05) is 0 Å². The molecule has 27 heavy (non-hydrogen) atoms. The average molecular weight is 374 g/mol. The van der Waals surface area contributed by atoms with Gasteiger partial charge in [-0.25, -0.2) is 0 Å². The van der Waals surface area contributed by atoms with E-state index in [4.69, 9.17) is 4.74 Å². The number of hydrogen-bond donors (Lipinski definition) is 0. The number of hydrogen-bond acceptors (Lipinski definition) is 3. The summed E-state index contributed by atoms with van der Waals surface area (Å²) in [7, 11) is 0. The van der Waals surface area contributed by atoms with Crippen LogP contribution in [0.2, 0.25) is 0 Å². The number of unbranched alkanes of at least 4 members (excludes halogenated alkanes) is 11. The molecule has 3 heteroatoms. The maximum Gasteiger partial charge on any atom is 0.306 e. The molecule has 0 saturated heterocycles. The summed E-state index contributed by atoms with van der Waals surface area (Å²) in [6, 6.07) is 3.78. The topological polar surface area (TPSA) is 39.2 Å². The summed E-state index contributed by atoms with van der Waals surface area (Å²) in [5.41, 5.74) is 0.943. The number of allylic oxidation sites excluding steroid dienone is 2. The van der Waals surface area contributed by atoms with Crippen LogP contribution < -0.4 is 0 Å². The van der Waals surface area contributed by atoms with E-state index in [2.05, 4.69) is 24.1 Å². The zero-order valence-corrected chi connectivity index (χ0v) is 17.3. The Bertz CT molecular complexity index is 484. The number of aromatic nitrogens is 1. The van der Waals surface area contributed by atoms with Gasteiger partial charge >= 0.3 is 5.97 Å². The van der Waals surface area contributed by atoms with E-state index in [1.165, 1.54) is 70.6 Å². The maximum absolute atomic E-state index is 11.7. The molecule has 0 atom stereocenters. The number of carbonyl (C=O) groups is 1. The first-order valence-electron chi connectivity index (χ1n) is 11.0. The number of carbonyl (C=O) groups excluding carboxylic acids is 1. The van der Waals surface area contributed by atoms with E-state index in [1.807, 2.05) is 12.1 Å². The Morgan fingerprint density at radius 1 is 0.926 bits per heavy atom. The molecule has 1 heterocycles. The van der Waals surface area contributed by atoms with E-state index >= 15 is 0 Å². The fourth-order valence-electron chi connectivity index (χ4n) is 3.07. The third kappa shape index (κ3) is 15.1. The first-order chi connectivity index (χ1) is 13.3. The predicted molar refractivity (Wildman–Crippen MR) is 113 cm³/mol. The Morgan fingerprint density at radius 2 is 1.56 bits per heavy atom. The van der Waals surface area contributed by atoms with Crippen LogP contribution in [0.25, 0.3) is 0 Å². The lowest BCUT2D eigenvalue weighted by Gasteiger charge is -2.05. The van der Waals surface area contributed by atoms with Crippen LogP contribution in [-0.2, 0) is 16.1 Å². The molecule has 0 aromatic carbocycles. The normalized spacial score (nSPS) is 11.1. The number of rotatable bonds is 17. The fraction of sp³-hybridized carbons (Fsp3) is 0.667. The highest BCUT2D eigenvalue weighted by atomic mass is 16.5. The third-order valence-electron chi connectivity index (χ3n) is 4.75. The highest BCUT2D eigenvalue weighted by molar-refractivity contribution is 5.69. The van der Waals surface area contributed by atoms with Crippen LogP contribution in [0, 0.1) is 0 Å². The van der Waals surface area contributed by atoms with Crippen molar-refractivity contribution in [2.24, 2.45) is 0 Å². The van der Waals surface area contributed by atoms with Crippen molar-refractivity contribution in [1.82, 2.24) is 4.98 Å². The average Bonchev–Trinajstić information content (AvgIpc) is 2.70. The third-order valence-corrected chi connectivity index (χ3v) is 4.75. The summed E-state index contributed by atoms with van der Waals surface area (Å²) in [5.74, 6) is -0.0941. The zero-order valence-electron chi connectivity index (χ0n) is 17.3. The van der Waals surface area contributed by atoms with E-state index < -0.39 is 0 Å². The Kier molecular flexibility index (Phi) is 15.4. The van der Waals surface area contributed by atoms with Gasteiger partial charge in [0.1, 0.15) is 6.61 Å². The lowest BCUT2D eigenvalue weighted by Crippen LogP contribution is -2.04. The molecule has 0 bridgehead atoms.